The summed E-state index contributed by atoms with van der Waals surface area (Å²) in [6.07, 6.45) is 2.40. The highest BCUT2D eigenvalue weighted by Gasteiger charge is 2.08. The van der Waals surface area contributed by atoms with Crippen molar-refractivity contribution < 1.29 is 19.1 Å². The van der Waals surface area contributed by atoms with Gasteiger partial charge in [-0.25, -0.2) is 5.43 Å². The number of amides is 2. The van der Waals surface area contributed by atoms with Crippen LogP contribution in [0.2, 0.25) is 5.02 Å². The number of nitrogens with zero attached hydrogens (tertiary/aromatic N) is 1. The first-order valence-electron chi connectivity index (χ1n) is 10.8. The van der Waals surface area contributed by atoms with Crippen LogP contribution in [-0.2, 0) is 11.4 Å². The van der Waals surface area contributed by atoms with E-state index >= 15 is 0 Å². The Hall–Kier alpha value is -3.84. The molecule has 0 atom stereocenters. The van der Waals surface area contributed by atoms with Crippen LogP contribution in [0.25, 0.3) is 0 Å². The van der Waals surface area contributed by atoms with Crippen LogP contribution in [0.5, 0.6) is 11.5 Å². The molecule has 3 aromatic rings. The summed E-state index contributed by atoms with van der Waals surface area (Å²) in [6, 6.07) is 21.5. The Labute approximate surface area is 203 Å². The van der Waals surface area contributed by atoms with Crippen LogP contribution in [0.15, 0.2) is 77.9 Å². The topological polar surface area (TPSA) is 89.0 Å². The molecule has 0 aliphatic heterocycles. The molecule has 34 heavy (non-hydrogen) atoms. The van der Waals surface area contributed by atoms with Gasteiger partial charge >= 0.3 is 0 Å². The van der Waals surface area contributed by atoms with E-state index in [1.807, 2.05) is 43.3 Å². The quantitative estimate of drug-likeness (QED) is 0.311. The Morgan fingerprint density at radius 2 is 1.71 bits per heavy atom. The summed E-state index contributed by atoms with van der Waals surface area (Å²) in [4.78, 5) is 24.3. The summed E-state index contributed by atoms with van der Waals surface area (Å²) in [5.74, 6) is 0.507. The molecule has 0 saturated heterocycles. The highest BCUT2D eigenvalue weighted by Crippen LogP contribution is 2.18. The largest absolute Gasteiger partial charge is 0.494 e. The van der Waals surface area contributed by atoms with Gasteiger partial charge in [0.2, 0.25) is 0 Å². The summed E-state index contributed by atoms with van der Waals surface area (Å²) >= 11 is 5.91. The van der Waals surface area contributed by atoms with Gasteiger partial charge in [-0.05, 0) is 60.5 Å². The van der Waals surface area contributed by atoms with Crippen LogP contribution in [0.1, 0.15) is 34.8 Å². The lowest BCUT2D eigenvalue weighted by atomic mass is 10.2. The molecule has 8 heteroatoms. The maximum Gasteiger partial charge on any atom is 0.259 e. The van der Waals surface area contributed by atoms with Crippen molar-refractivity contribution in [2.45, 2.75) is 20.0 Å². The number of ether oxygens (including phenoxy) is 2. The summed E-state index contributed by atoms with van der Waals surface area (Å²) in [7, 11) is 0. The lowest BCUT2D eigenvalue weighted by Gasteiger charge is -2.09. The number of para-hydroxylation sites is 1. The van der Waals surface area contributed by atoms with E-state index in [9.17, 15) is 9.59 Å². The Bertz CT molecular complexity index is 1120. The van der Waals surface area contributed by atoms with Crippen molar-refractivity contribution >= 4 is 29.6 Å². The molecular weight excluding hydrogens is 454 g/mol. The normalized spacial score (nSPS) is 10.6. The van der Waals surface area contributed by atoms with Crippen LogP contribution in [0.4, 0.5) is 0 Å². The summed E-state index contributed by atoms with van der Waals surface area (Å²) in [5.41, 5.74) is 4.52. The van der Waals surface area contributed by atoms with Gasteiger partial charge in [0.25, 0.3) is 11.8 Å². The average Bonchev–Trinajstić information content (AvgIpc) is 2.86. The number of hydrogen-bond acceptors (Lipinski definition) is 5. The number of rotatable bonds is 11. The molecule has 0 radical (unpaired) electrons. The second-order valence-corrected chi connectivity index (χ2v) is 7.74. The van der Waals surface area contributed by atoms with E-state index in [1.165, 1.54) is 6.21 Å². The number of hydrazone groups is 1. The molecule has 0 aliphatic rings. The van der Waals surface area contributed by atoms with Crippen molar-refractivity contribution in [2.24, 2.45) is 5.10 Å². The predicted molar refractivity (Wildman–Crippen MR) is 133 cm³/mol. The van der Waals surface area contributed by atoms with Crippen molar-refractivity contribution in [1.82, 2.24) is 10.7 Å². The van der Waals surface area contributed by atoms with Crippen molar-refractivity contribution in [3.8, 4) is 11.5 Å². The van der Waals surface area contributed by atoms with Gasteiger partial charge in [-0.3, -0.25) is 9.59 Å². The van der Waals surface area contributed by atoms with Crippen molar-refractivity contribution in [3.05, 3.63) is 94.5 Å². The van der Waals surface area contributed by atoms with E-state index in [-0.39, 0.29) is 12.5 Å². The fourth-order valence-corrected chi connectivity index (χ4v) is 2.98. The molecule has 0 bridgehead atoms. The van der Waals surface area contributed by atoms with Gasteiger partial charge in [0.05, 0.1) is 19.4 Å². The maximum atomic E-state index is 12.2. The predicted octanol–water partition coefficient (Wildman–Crippen LogP) is 4.59. The number of carbonyl (C=O) groups excluding carboxylic acids is 2. The number of carbonyl (C=O) groups is 2. The van der Waals surface area contributed by atoms with Gasteiger partial charge in [-0.1, -0.05) is 42.8 Å². The highest BCUT2D eigenvalue weighted by atomic mass is 35.5. The van der Waals surface area contributed by atoms with E-state index < -0.39 is 5.91 Å². The lowest BCUT2D eigenvalue weighted by Crippen LogP contribution is -2.34. The minimum Gasteiger partial charge on any atom is -0.494 e. The lowest BCUT2D eigenvalue weighted by molar-refractivity contribution is -0.120. The zero-order valence-corrected chi connectivity index (χ0v) is 19.5. The Balaban J connectivity index is 1.46. The molecule has 0 fully saturated rings. The smallest absolute Gasteiger partial charge is 0.259 e. The Morgan fingerprint density at radius 3 is 2.44 bits per heavy atom. The third-order valence-electron chi connectivity index (χ3n) is 4.62. The Morgan fingerprint density at radius 1 is 0.971 bits per heavy atom. The standard InChI is InChI=1S/C26H26ClN3O4/c1-2-15-33-23-13-9-20(10-14-23)26(32)28-17-25(31)30-29-16-21-5-3-4-6-24(21)34-18-19-7-11-22(27)12-8-19/h3-14,16H,2,15,17-18H2,1H3,(H,28,32)(H,30,31)/b29-16-. The van der Waals surface area contributed by atoms with Crippen molar-refractivity contribution in [1.29, 1.82) is 0 Å². The van der Waals surface area contributed by atoms with E-state index in [1.54, 1.807) is 36.4 Å². The number of benzene rings is 3. The maximum absolute atomic E-state index is 12.2. The molecular formula is C26H26ClN3O4. The number of hydrogen-bond donors (Lipinski definition) is 2. The molecule has 0 unspecified atom stereocenters. The van der Waals surface area contributed by atoms with E-state index in [0.29, 0.717) is 40.9 Å². The van der Waals surface area contributed by atoms with E-state index in [0.717, 1.165) is 12.0 Å². The van der Waals surface area contributed by atoms with Crippen LogP contribution in [-0.4, -0.2) is 31.2 Å². The third kappa shape index (κ3) is 7.94. The first kappa shape index (κ1) is 24.8. The molecule has 2 N–H and O–H groups in total. The van der Waals surface area contributed by atoms with Gasteiger partial charge in [0.15, 0.2) is 0 Å². The monoisotopic (exact) mass is 479 g/mol. The van der Waals surface area contributed by atoms with Crippen LogP contribution in [0, 0.1) is 0 Å². The van der Waals surface area contributed by atoms with Crippen LogP contribution < -0.4 is 20.2 Å². The number of nitrogens with one attached hydrogen (secondary N) is 2. The second-order valence-electron chi connectivity index (χ2n) is 7.30. The van der Waals surface area contributed by atoms with E-state index in [4.69, 9.17) is 21.1 Å². The van der Waals surface area contributed by atoms with Crippen LogP contribution >= 0.6 is 11.6 Å². The Kier molecular flexibility index (Phi) is 9.49. The fourth-order valence-electron chi connectivity index (χ4n) is 2.86. The minimum absolute atomic E-state index is 0.209. The molecule has 0 heterocycles. The zero-order valence-electron chi connectivity index (χ0n) is 18.8. The SMILES string of the molecule is CCCOc1ccc(C(=O)NCC(=O)N/N=C\c2ccccc2OCc2ccc(Cl)cc2)cc1. The average molecular weight is 480 g/mol. The summed E-state index contributed by atoms with van der Waals surface area (Å²) in [5, 5.41) is 7.20. The van der Waals surface area contributed by atoms with Crippen LogP contribution in [0.3, 0.4) is 0 Å². The van der Waals surface area contributed by atoms with Crippen molar-refractivity contribution in [2.75, 3.05) is 13.2 Å². The molecule has 7 nitrogen and oxygen atoms in total. The summed E-state index contributed by atoms with van der Waals surface area (Å²) < 4.78 is 11.4. The highest BCUT2D eigenvalue weighted by molar-refractivity contribution is 6.30. The van der Waals surface area contributed by atoms with Gasteiger partial charge in [-0.2, -0.15) is 5.10 Å². The fraction of sp³-hybridized carbons (Fsp3) is 0.192. The second kappa shape index (κ2) is 13.0. The first-order chi connectivity index (χ1) is 16.5. The molecule has 0 aromatic heterocycles. The van der Waals surface area contributed by atoms with Gasteiger partial charge in [0, 0.05) is 16.1 Å². The van der Waals surface area contributed by atoms with Gasteiger partial charge < -0.3 is 14.8 Å². The first-order valence-corrected chi connectivity index (χ1v) is 11.2. The zero-order chi connectivity index (χ0) is 24.2. The molecule has 2 amide bonds. The molecule has 3 aromatic carbocycles. The minimum atomic E-state index is -0.452. The van der Waals surface area contributed by atoms with Crippen molar-refractivity contribution in [3.63, 3.8) is 0 Å². The number of halogens is 1. The molecule has 0 spiro atoms. The van der Waals surface area contributed by atoms with E-state index in [2.05, 4.69) is 15.8 Å². The molecule has 0 saturated carbocycles. The molecule has 3 rings (SSSR count). The molecule has 0 aliphatic carbocycles. The van der Waals surface area contributed by atoms with Gasteiger partial charge in [-0.15, -0.1) is 0 Å². The van der Waals surface area contributed by atoms with Gasteiger partial charge in [0.1, 0.15) is 18.1 Å². The third-order valence-corrected chi connectivity index (χ3v) is 4.87. The summed E-state index contributed by atoms with van der Waals surface area (Å²) in [6.45, 7) is 2.79. The molecule has 176 valence electrons.